The molecule has 1 aromatic rings. The number of unbranched alkanes of at least 4 members (excludes halogenated alkanes) is 1. The zero-order chi connectivity index (χ0) is 13.4. The average molecular weight is 252 g/mol. The van der Waals surface area contributed by atoms with Crippen molar-refractivity contribution in [2.45, 2.75) is 58.5 Å². The van der Waals surface area contributed by atoms with Gasteiger partial charge in [0.25, 0.3) is 0 Å². The first-order valence-corrected chi connectivity index (χ1v) is 7.08. The molecule has 0 bridgehead atoms. The molecule has 0 saturated heterocycles. The molecule has 0 fully saturated rings. The summed E-state index contributed by atoms with van der Waals surface area (Å²) >= 11 is 0. The molecule has 18 heavy (non-hydrogen) atoms. The van der Waals surface area contributed by atoms with E-state index in [-0.39, 0.29) is 11.9 Å². The van der Waals surface area contributed by atoms with Crippen LogP contribution in [0.4, 0.5) is 4.39 Å². The molecule has 0 spiro atoms. The molecule has 2 atom stereocenters. The van der Waals surface area contributed by atoms with E-state index in [1.807, 2.05) is 6.07 Å². The van der Waals surface area contributed by atoms with Gasteiger partial charge in [-0.1, -0.05) is 51.7 Å². The highest BCUT2D eigenvalue weighted by Crippen LogP contribution is 2.20. The van der Waals surface area contributed by atoms with E-state index in [0.29, 0.717) is 12.3 Å². The van der Waals surface area contributed by atoms with Crippen LogP contribution >= 0.6 is 0 Å². The number of hydrogen-bond acceptors (Lipinski definition) is 1. The maximum Gasteiger partial charge on any atom is 0.123 e. The third kappa shape index (κ3) is 5.63. The van der Waals surface area contributed by atoms with E-state index in [4.69, 9.17) is 0 Å². The summed E-state index contributed by atoms with van der Waals surface area (Å²) in [5.41, 5.74) is 0.882. The molecule has 0 saturated carbocycles. The van der Waals surface area contributed by atoms with Gasteiger partial charge in [-0.25, -0.2) is 4.39 Å². The lowest BCUT2D eigenvalue weighted by Gasteiger charge is -2.18. The summed E-state index contributed by atoms with van der Waals surface area (Å²) < 4.78 is 13.0. The Kier molecular flexibility index (Phi) is 6.96. The maximum absolute atomic E-state index is 13.0. The van der Waals surface area contributed by atoms with Crippen LogP contribution < -0.4 is 0 Å². The zero-order valence-electron chi connectivity index (χ0n) is 11.5. The van der Waals surface area contributed by atoms with Crippen molar-refractivity contribution in [3.05, 3.63) is 35.6 Å². The minimum Gasteiger partial charge on any atom is -0.393 e. The number of hydrogen-bond donors (Lipinski definition) is 1. The topological polar surface area (TPSA) is 20.2 Å². The fraction of sp³-hybridized carbons (Fsp3) is 0.625. The van der Waals surface area contributed by atoms with Gasteiger partial charge in [0.05, 0.1) is 6.10 Å². The Morgan fingerprint density at radius 1 is 1.28 bits per heavy atom. The second-order valence-corrected chi connectivity index (χ2v) is 5.14. The number of halogens is 1. The van der Waals surface area contributed by atoms with Crippen LogP contribution in [0.1, 0.15) is 51.5 Å². The van der Waals surface area contributed by atoms with Crippen LogP contribution in [0.5, 0.6) is 0 Å². The first-order valence-electron chi connectivity index (χ1n) is 7.08. The predicted octanol–water partition coefficient (Wildman–Crippen LogP) is 4.34. The Morgan fingerprint density at radius 3 is 2.67 bits per heavy atom. The van der Waals surface area contributed by atoms with E-state index in [1.54, 1.807) is 6.07 Å². The highest BCUT2D eigenvalue weighted by molar-refractivity contribution is 5.17. The Hall–Kier alpha value is -0.890. The van der Waals surface area contributed by atoms with E-state index in [0.717, 1.165) is 18.4 Å². The lowest BCUT2D eigenvalue weighted by molar-refractivity contribution is 0.137. The lowest BCUT2D eigenvalue weighted by Crippen LogP contribution is -2.16. The van der Waals surface area contributed by atoms with Crippen molar-refractivity contribution in [1.82, 2.24) is 0 Å². The summed E-state index contributed by atoms with van der Waals surface area (Å²) in [5.74, 6) is 0.367. The van der Waals surface area contributed by atoms with Gasteiger partial charge in [-0.2, -0.15) is 0 Å². The van der Waals surface area contributed by atoms with Crippen LogP contribution in [0.25, 0.3) is 0 Å². The van der Waals surface area contributed by atoms with Gasteiger partial charge in [0.2, 0.25) is 0 Å². The average Bonchev–Trinajstić information content (AvgIpc) is 2.34. The Morgan fingerprint density at radius 2 is 2.06 bits per heavy atom. The molecule has 0 amide bonds. The van der Waals surface area contributed by atoms with Crippen LogP contribution in [0.15, 0.2) is 24.3 Å². The molecule has 1 N–H and O–H groups in total. The number of benzene rings is 1. The summed E-state index contributed by atoms with van der Waals surface area (Å²) in [6, 6.07) is 6.52. The van der Waals surface area contributed by atoms with Gasteiger partial charge in [0.1, 0.15) is 5.82 Å². The standard InChI is InChI=1S/C16H25FO/c1-3-5-7-13(4-2)11-16(18)12-14-8-6-9-15(17)10-14/h6,8-10,13,16,18H,3-5,7,11-12H2,1-2H3. The Bertz CT molecular complexity index is 338. The molecule has 1 rings (SSSR count). The number of aliphatic hydroxyl groups excluding tert-OH is 1. The van der Waals surface area contributed by atoms with Gasteiger partial charge >= 0.3 is 0 Å². The zero-order valence-corrected chi connectivity index (χ0v) is 11.5. The SMILES string of the molecule is CCCCC(CC)CC(O)Cc1cccc(F)c1. The molecule has 0 radical (unpaired) electrons. The second-order valence-electron chi connectivity index (χ2n) is 5.14. The molecule has 2 heteroatoms. The predicted molar refractivity (Wildman–Crippen MR) is 74.0 cm³/mol. The Balaban J connectivity index is 2.42. The van der Waals surface area contributed by atoms with Crippen LogP contribution in [0, 0.1) is 11.7 Å². The Labute approximate surface area is 110 Å². The molecule has 0 aliphatic rings. The molecule has 0 aliphatic heterocycles. The minimum absolute atomic E-state index is 0.224. The van der Waals surface area contributed by atoms with Crippen LogP contribution in [-0.2, 0) is 6.42 Å². The first kappa shape index (κ1) is 15.2. The summed E-state index contributed by atoms with van der Waals surface area (Å²) in [5, 5.41) is 10.1. The maximum atomic E-state index is 13.0. The fourth-order valence-corrected chi connectivity index (χ4v) is 2.39. The van der Waals surface area contributed by atoms with E-state index in [1.165, 1.54) is 31.4 Å². The van der Waals surface area contributed by atoms with Crippen molar-refractivity contribution in [2.24, 2.45) is 5.92 Å². The van der Waals surface area contributed by atoms with Gasteiger partial charge in [0.15, 0.2) is 0 Å². The largest absolute Gasteiger partial charge is 0.393 e. The summed E-state index contributed by atoms with van der Waals surface area (Å²) in [7, 11) is 0. The summed E-state index contributed by atoms with van der Waals surface area (Å²) in [6.45, 7) is 4.37. The second kappa shape index (κ2) is 8.25. The number of aliphatic hydroxyl groups is 1. The third-order valence-electron chi connectivity index (χ3n) is 3.51. The smallest absolute Gasteiger partial charge is 0.123 e. The fourth-order valence-electron chi connectivity index (χ4n) is 2.39. The van der Waals surface area contributed by atoms with Crippen molar-refractivity contribution >= 4 is 0 Å². The highest BCUT2D eigenvalue weighted by atomic mass is 19.1. The highest BCUT2D eigenvalue weighted by Gasteiger charge is 2.13. The molecule has 1 aromatic carbocycles. The van der Waals surface area contributed by atoms with Crippen LogP contribution in [0.2, 0.25) is 0 Å². The van der Waals surface area contributed by atoms with Crippen molar-refractivity contribution in [3.8, 4) is 0 Å². The molecule has 2 unspecified atom stereocenters. The van der Waals surface area contributed by atoms with Gasteiger partial charge in [-0.3, -0.25) is 0 Å². The van der Waals surface area contributed by atoms with E-state index in [9.17, 15) is 9.50 Å². The first-order chi connectivity index (χ1) is 8.65. The molecular weight excluding hydrogens is 227 g/mol. The van der Waals surface area contributed by atoms with Crippen molar-refractivity contribution in [3.63, 3.8) is 0 Å². The van der Waals surface area contributed by atoms with Gasteiger partial charge < -0.3 is 5.11 Å². The normalized spacial score (nSPS) is 14.4. The monoisotopic (exact) mass is 252 g/mol. The van der Waals surface area contributed by atoms with Crippen molar-refractivity contribution in [2.75, 3.05) is 0 Å². The van der Waals surface area contributed by atoms with Gasteiger partial charge in [0, 0.05) is 0 Å². The number of rotatable bonds is 8. The van der Waals surface area contributed by atoms with Gasteiger partial charge in [-0.05, 0) is 36.5 Å². The van der Waals surface area contributed by atoms with Crippen molar-refractivity contribution in [1.29, 1.82) is 0 Å². The van der Waals surface area contributed by atoms with E-state index >= 15 is 0 Å². The van der Waals surface area contributed by atoms with Crippen LogP contribution in [-0.4, -0.2) is 11.2 Å². The minimum atomic E-state index is -0.353. The molecule has 0 heterocycles. The van der Waals surface area contributed by atoms with E-state index in [2.05, 4.69) is 13.8 Å². The summed E-state index contributed by atoms with van der Waals surface area (Å²) in [6.07, 6.45) is 5.76. The molecule has 0 aromatic heterocycles. The van der Waals surface area contributed by atoms with Gasteiger partial charge in [-0.15, -0.1) is 0 Å². The quantitative estimate of drug-likeness (QED) is 0.730. The molecule has 0 aliphatic carbocycles. The van der Waals surface area contributed by atoms with E-state index < -0.39 is 0 Å². The third-order valence-corrected chi connectivity index (χ3v) is 3.51. The van der Waals surface area contributed by atoms with Crippen molar-refractivity contribution < 1.29 is 9.50 Å². The molecule has 1 nitrogen and oxygen atoms in total. The van der Waals surface area contributed by atoms with Crippen LogP contribution in [0.3, 0.4) is 0 Å². The molecule has 102 valence electrons. The molecular formula is C16H25FO. The lowest BCUT2D eigenvalue weighted by atomic mass is 9.91. The summed E-state index contributed by atoms with van der Waals surface area (Å²) in [4.78, 5) is 0.